The highest BCUT2D eigenvalue weighted by Gasteiger charge is 2.13. The molecule has 1 nitrogen and oxygen atoms in total. The van der Waals surface area contributed by atoms with E-state index in [9.17, 15) is 5.11 Å². The minimum absolute atomic E-state index is 0.475. The maximum absolute atomic E-state index is 10.0. The number of unbranched alkanes of at least 4 members (excludes halogenated alkanes) is 2. The van der Waals surface area contributed by atoms with Crippen molar-refractivity contribution in [2.24, 2.45) is 11.8 Å². The zero-order valence-electron chi connectivity index (χ0n) is 15.7. The second-order valence-electron chi connectivity index (χ2n) is 7.19. The molecule has 23 heavy (non-hydrogen) atoms. The second kappa shape index (κ2) is 12.4. The van der Waals surface area contributed by atoms with Crippen LogP contribution in [0.15, 0.2) is 24.3 Å². The molecule has 1 aromatic carbocycles. The van der Waals surface area contributed by atoms with E-state index in [-0.39, 0.29) is 0 Å². The predicted octanol–water partition coefficient (Wildman–Crippen LogP) is 7.13. The van der Waals surface area contributed by atoms with Crippen LogP contribution in [0.25, 0.3) is 0 Å². The van der Waals surface area contributed by atoms with Crippen LogP contribution in [0.3, 0.4) is 0 Å². The summed E-state index contributed by atoms with van der Waals surface area (Å²) in [5.41, 5.74) is 1.13. The fourth-order valence-corrected chi connectivity index (χ4v) is 3.58. The maximum Gasteiger partial charge on any atom is 0.118 e. The van der Waals surface area contributed by atoms with E-state index < -0.39 is 0 Å². The van der Waals surface area contributed by atoms with Gasteiger partial charge in [0.25, 0.3) is 0 Å². The molecule has 0 amide bonds. The monoisotopic (exact) mass is 318 g/mol. The third-order valence-electron chi connectivity index (χ3n) is 5.23. The summed E-state index contributed by atoms with van der Waals surface area (Å²) in [5.74, 6) is 2.13. The Bertz CT molecular complexity index is 399. The number of phenols is 1. The van der Waals surface area contributed by atoms with Crippen molar-refractivity contribution in [3.05, 3.63) is 29.8 Å². The lowest BCUT2D eigenvalue weighted by Crippen LogP contribution is -2.07. The maximum atomic E-state index is 10.0. The fourth-order valence-electron chi connectivity index (χ4n) is 3.58. The minimum Gasteiger partial charge on any atom is -0.508 e. The molecular formula is C22H38O. The number of aromatic hydroxyl groups is 1. The van der Waals surface area contributed by atoms with Crippen LogP contribution in [0.2, 0.25) is 0 Å². The molecule has 0 aromatic heterocycles. The van der Waals surface area contributed by atoms with E-state index in [0.29, 0.717) is 5.75 Å². The third kappa shape index (κ3) is 8.44. The quantitative estimate of drug-likeness (QED) is 0.410. The van der Waals surface area contributed by atoms with Crippen LogP contribution < -0.4 is 0 Å². The molecule has 1 heteroatoms. The third-order valence-corrected chi connectivity index (χ3v) is 5.23. The molecule has 0 aliphatic rings. The van der Waals surface area contributed by atoms with Gasteiger partial charge in [0.1, 0.15) is 5.75 Å². The number of benzene rings is 1. The van der Waals surface area contributed by atoms with Gasteiger partial charge in [0.2, 0.25) is 0 Å². The number of para-hydroxylation sites is 1. The summed E-state index contributed by atoms with van der Waals surface area (Å²) in [7, 11) is 0. The molecule has 0 radical (unpaired) electrons. The Morgan fingerprint density at radius 3 is 1.96 bits per heavy atom. The first-order valence-electron chi connectivity index (χ1n) is 9.98. The molecule has 0 aliphatic carbocycles. The van der Waals surface area contributed by atoms with Gasteiger partial charge in [-0.1, -0.05) is 103 Å². The van der Waals surface area contributed by atoms with Crippen molar-refractivity contribution in [1.82, 2.24) is 0 Å². The van der Waals surface area contributed by atoms with Gasteiger partial charge in [-0.05, 0) is 29.9 Å². The molecule has 0 bridgehead atoms. The fraction of sp³-hybridized carbons (Fsp3) is 0.727. The highest BCUT2D eigenvalue weighted by Crippen LogP contribution is 2.27. The van der Waals surface area contributed by atoms with Crippen molar-refractivity contribution < 1.29 is 5.11 Å². The number of hydrogen-bond donors (Lipinski definition) is 1. The van der Waals surface area contributed by atoms with Crippen LogP contribution in [0, 0.1) is 11.8 Å². The van der Waals surface area contributed by atoms with Gasteiger partial charge in [0.15, 0.2) is 0 Å². The molecule has 0 heterocycles. The van der Waals surface area contributed by atoms with Crippen molar-refractivity contribution >= 4 is 0 Å². The van der Waals surface area contributed by atoms with E-state index in [1.54, 1.807) is 0 Å². The van der Waals surface area contributed by atoms with Gasteiger partial charge in [-0.15, -0.1) is 0 Å². The average molecular weight is 319 g/mol. The SMILES string of the molecule is CCCCC(CC)CCCC(CCCC)Cc1ccccc1O. The minimum atomic E-state index is 0.475. The van der Waals surface area contributed by atoms with E-state index >= 15 is 0 Å². The van der Waals surface area contributed by atoms with Gasteiger partial charge in [0, 0.05) is 0 Å². The van der Waals surface area contributed by atoms with E-state index in [1.807, 2.05) is 18.2 Å². The molecule has 2 unspecified atom stereocenters. The van der Waals surface area contributed by atoms with E-state index in [0.717, 1.165) is 23.8 Å². The van der Waals surface area contributed by atoms with Crippen molar-refractivity contribution in [2.75, 3.05) is 0 Å². The molecule has 132 valence electrons. The average Bonchev–Trinajstić information content (AvgIpc) is 2.57. The van der Waals surface area contributed by atoms with Crippen LogP contribution in [-0.2, 0) is 6.42 Å². The lowest BCUT2D eigenvalue weighted by molar-refractivity contribution is 0.356. The van der Waals surface area contributed by atoms with Crippen molar-refractivity contribution in [1.29, 1.82) is 0 Å². The van der Waals surface area contributed by atoms with Gasteiger partial charge >= 0.3 is 0 Å². The molecule has 0 saturated heterocycles. The van der Waals surface area contributed by atoms with Gasteiger partial charge in [-0.3, -0.25) is 0 Å². The first-order valence-corrected chi connectivity index (χ1v) is 9.98. The molecule has 1 N–H and O–H groups in total. The van der Waals surface area contributed by atoms with E-state index in [1.165, 1.54) is 64.2 Å². The number of hydrogen-bond acceptors (Lipinski definition) is 1. The highest BCUT2D eigenvalue weighted by atomic mass is 16.3. The van der Waals surface area contributed by atoms with Crippen molar-refractivity contribution in [2.45, 2.75) is 91.4 Å². The summed E-state index contributed by atoms with van der Waals surface area (Å²) in [4.78, 5) is 0. The van der Waals surface area contributed by atoms with Crippen molar-refractivity contribution in [3.63, 3.8) is 0 Å². The summed E-state index contributed by atoms with van der Waals surface area (Å²) in [6.07, 6.45) is 14.4. The van der Waals surface area contributed by atoms with Crippen molar-refractivity contribution in [3.8, 4) is 5.75 Å². The zero-order valence-corrected chi connectivity index (χ0v) is 15.7. The van der Waals surface area contributed by atoms with Gasteiger partial charge in [0.05, 0.1) is 0 Å². The molecule has 1 rings (SSSR count). The molecule has 2 atom stereocenters. The molecule has 0 saturated carbocycles. The molecular weight excluding hydrogens is 280 g/mol. The molecule has 1 aromatic rings. The summed E-state index contributed by atoms with van der Waals surface area (Å²) in [6.45, 7) is 6.91. The largest absolute Gasteiger partial charge is 0.508 e. The Labute approximate surface area is 144 Å². The molecule has 0 aliphatic heterocycles. The smallest absolute Gasteiger partial charge is 0.118 e. The van der Waals surface area contributed by atoms with Crippen LogP contribution in [0.1, 0.15) is 90.5 Å². The summed E-state index contributed by atoms with van der Waals surface area (Å²) < 4.78 is 0. The van der Waals surface area contributed by atoms with Gasteiger partial charge in [-0.25, -0.2) is 0 Å². The number of rotatable bonds is 13. The first kappa shape index (κ1) is 20.1. The Kier molecular flexibility index (Phi) is 10.9. The lowest BCUT2D eigenvalue weighted by Gasteiger charge is -2.20. The van der Waals surface area contributed by atoms with Crippen LogP contribution >= 0.6 is 0 Å². The highest BCUT2D eigenvalue weighted by molar-refractivity contribution is 5.32. The zero-order chi connectivity index (χ0) is 16.9. The van der Waals surface area contributed by atoms with Crippen LogP contribution in [-0.4, -0.2) is 5.11 Å². The number of phenolic OH excluding ortho intramolecular Hbond substituents is 1. The van der Waals surface area contributed by atoms with Crippen LogP contribution in [0.4, 0.5) is 0 Å². The molecule has 0 spiro atoms. The lowest BCUT2D eigenvalue weighted by atomic mass is 9.86. The second-order valence-corrected chi connectivity index (χ2v) is 7.19. The summed E-state index contributed by atoms with van der Waals surface area (Å²) in [6, 6.07) is 7.87. The van der Waals surface area contributed by atoms with Gasteiger partial charge in [-0.2, -0.15) is 0 Å². The standard InChI is InChI=1S/C22H38O/c1-4-7-12-19(6-3)14-11-15-20(13-8-5-2)18-21-16-9-10-17-22(21)23/h9-10,16-17,19-20,23H,4-8,11-15,18H2,1-3H3. The summed E-state index contributed by atoms with van der Waals surface area (Å²) >= 11 is 0. The Balaban J connectivity index is 2.46. The predicted molar refractivity (Wildman–Crippen MR) is 102 cm³/mol. The van der Waals surface area contributed by atoms with E-state index in [2.05, 4.69) is 26.8 Å². The Hall–Kier alpha value is -0.980. The van der Waals surface area contributed by atoms with Gasteiger partial charge < -0.3 is 5.11 Å². The first-order chi connectivity index (χ1) is 11.2. The Morgan fingerprint density at radius 2 is 1.35 bits per heavy atom. The normalized spacial score (nSPS) is 13.9. The van der Waals surface area contributed by atoms with Crippen LogP contribution in [0.5, 0.6) is 5.75 Å². The topological polar surface area (TPSA) is 20.2 Å². The Morgan fingerprint density at radius 1 is 0.783 bits per heavy atom. The van der Waals surface area contributed by atoms with E-state index in [4.69, 9.17) is 0 Å². The molecule has 0 fully saturated rings. The summed E-state index contributed by atoms with van der Waals surface area (Å²) in [5, 5.41) is 10.0.